The van der Waals surface area contributed by atoms with Gasteiger partial charge in [-0.2, -0.15) is 0 Å². The van der Waals surface area contributed by atoms with Crippen molar-refractivity contribution in [2.75, 3.05) is 20.2 Å². The zero-order chi connectivity index (χ0) is 15.6. The molecule has 0 saturated carbocycles. The van der Waals surface area contributed by atoms with Crippen molar-refractivity contribution in [1.82, 2.24) is 9.47 Å². The second kappa shape index (κ2) is 4.71. The van der Waals surface area contributed by atoms with E-state index in [0.717, 1.165) is 19.4 Å². The Kier molecular flexibility index (Phi) is 2.83. The summed E-state index contributed by atoms with van der Waals surface area (Å²) in [5.74, 6) is 0. The molecule has 5 rings (SSSR count). The molecule has 0 N–H and O–H groups in total. The number of para-hydroxylation sites is 1. The third-order valence-electron chi connectivity index (χ3n) is 6.44. The monoisotopic (exact) mass is 308 g/mol. The van der Waals surface area contributed by atoms with Gasteiger partial charge in [0.2, 0.25) is 0 Å². The first-order chi connectivity index (χ1) is 11.3. The predicted octanol–water partition coefficient (Wildman–Crippen LogP) is 4.06. The maximum absolute atomic E-state index is 5.98. The summed E-state index contributed by atoms with van der Waals surface area (Å²) in [5, 5.41) is 1.44. The van der Waals surface area contributed by atoms with Gasteiger partial charge in [0.05, 0.1) is 11.6 Å². The van der Waals surface area contributed by atoms with Crippen LogP contribution in [-0.2, 0) is 11.2 Å². The lowest BCUT2D eigenvalue weighted by Crippen LogP contribution is -2.51. The first-order valence-electron chi connectivity index (χ1n) is 8.85. The van der Waals surface area contributed by atoms with Crippen LogP contribution in [0.1, 0.15) is 43.3 Å². The number of aromatic nitrogens is 1. The largest absolute Gasteiger partial charge is 0.361 e. The highest BCUT2D eigenvalue weighted by Crippen LogP contribution is 2.57. The van der Waals surface area contributed by atoms with Crippen LogP contribution in [-0.4, -0.2) is 29.7 Å². The summed E-state index contributed by atoms with van der Waals surface area (Å²) in [4.78, 5) is 2.69. The average Bonchev–Trinajstić information content (AvgIpc) is 2.95. The fourth-order valence-corrected chi connectivity index (χ4v) is 5.37. The topological polar surface area (TPSA) is 17.4 Å². The second-order valence-corrected chi connectivity index (χ2v) is 7.28. The van der Waals surface area contributed by atoms with Crippen LogP contribution < -0.4 is 0 Å². The first kappa shape index (κ1) is 13.8. The fourth-order valence-electron chi connectivity index (χ4n) is 5.37. The normalized spacial score (nSPS) is 32.3. The van der Waals surface area contributed by atoms with E-state index in [1.54, 1.807) is 5.56 Å². The van der Waals surface area contributed by atoms with Gasteiger partial charge in [-0.25, -0.2) is 0 Å². The van der Waals surface area contributed by atoms with Crippen LogP contribution in [0.2, 0.25) is 0 Å². The van der Waals surface area contributed by atoms with Gasteiger partial charge in [-0.1, -0.05) is 37.3 Å². The highest BCUT2D eigenvalue weighted by Gasteiger charge is 2.51. The van der Waals surface area contributed by atoms with Gasteiger partial charge in [0, 0.05) is 43.1 Å². The van der Waals surface area contributed by atoms with Crippen LogP contribution >= 0.6 is 0 Å². The summed E-state index contributed by atoms with van der Waals surface area (Å²) in [7, 11) is 1.86. The lowest BCUT2D eigenvalue weighted by molar-refractivity contribution is -0.0530. The Labute approximate surface area is 137 Å². The first-order valence-corrected chi connectivity index (χ1v) is 8.85. The third-order valence-corrected chi connectivity index (χ3v) is 6.44. The van der Waals surface area contributed by atoms with E-state index in [2.05, 4.69) is 52.8 Å². The SMILES string of the molecule is CC[C@]12C=CCN3CCc4c(n(c5ccccc45)C(OC)C1)[C@@H]32. The number of methoxy groups -OCH3 is 1. The Morgan fingerprint density at radius 1 is 1.30 bits per heavy atom. The molecule has 120 valence electrons. The minimum atomic E-state index is 0.141. The molecule has 1 aromatic heterocycles. The summed E-state index contributed by atoms with van der Waals surface area (Å²) in [6, 6.07) is 9.41. The van der Waals surface area contributed by atoms with Crippen LogP contribution in [0.4, 0.5) is 0 Å². The van der Waals surface area contributed by atoms with Gasteiger partial charge in [0.15, 0.2) is 0 Å². The number of fused-ring (bicyclic) bond motifs is 3. The molecule has 0 bridgehead atoms. The summed E-state index contributed by atoms with van der Waals surface area (Å²) in [6.45, 7) is 4.60. The molecule has 1 aromatic carbocycles. The van der Waals surface area contributed by atoms with Crippen molar-refractivity contribution in [3.8, 4) is 0 Å². The molecule has 4 heterocycles. The lowest BCUT2D eigenvalue weighted by atomic mass is 9.67. The molecule has 3 aliphatic heterocycles. The van der Waals surface area contributed by atoms with Crippen LogP contribution in [0.3, 0.4) is 0 Å². The summed E-state index contributed by atoms with van der Waals surface area (Å²) in [6.07, 6.45) is 8.42. The standard InChI is InChI=1S/C20H24N2O/c1-3-20-10-6-11-21-12-9-15-14-7-4-5-8-16(14)22(17(13-20)23-2)18(15)19(20)21/h4-8,10,17,19H,3,9,11-13H2,1-2H3/t17?,19-,20+/m1/s1. The molecule has 3 heteroatoms. The Balaban J connectivity index is 1.87. The van der Waals surface area contributed by atoms with Gasteiger partial charge in [-0.3, -0.25) is 4.90 Å². The number of hydrogen-bond acceptors (Lipinski definition) is 2. The van der Waals surface area contributed by atoms with Crippen LogP contribution in [0.25, 0.3) is 10.9 Å². The second-order valence-electron chi connectivity index (χ2n) is 7.28. The van der Waals surface area contributed by atoms with Gasteiger partial charge < -0.3 is 9.30 Å². The molecule has 0 radical (unpaired) electrons. The highest BCUT2D eigenvalue weighted by atomic mass is 16.5. The molecule has 0 fully saturated rings. The predicted molar refractivity (Wildman–Crippen MR) is 92.5 cm³/mol. The van der Waals surface area contributed by atoms with E-state index in [1.807, 2.05) is 7.11 Å². The molecule has 23 heavy (non-hydrogen) atoms. The van der Waals surface area contributed by atoms with E-state index in [4.69, 9.17) is 4.74 Å². The highest BCUT2D eigenvalue weighted by molar-refractivity contribution is 5.86. The van der Waals surface area contributed by atoms with Crippen molar-refractivity contribution in [3.05, 3.63) is 47.7 Å². The maximum atomic E-state index is 5.98. The molecule has 3 aliphatic rings. The van der Waals surface area contributed by atoms with E-state index in [1.165, 1.54) is 29.6 Å². The molecule has 0 aliphatic carbocycles. The van der Waals surface area contributed by atoms with Crippen molar-refractivity contribution >= 4 is 10.9 Å². The zero-order valence-electron chi connectivity index (χ0n) is 14.0. The van der Waals surface area contributed by atoms with Crippen LogP contribution in [0.5, 0.6) is 0 Å². The molecule has 3 atom stereocenters. The Hall–Kier alpha value is -1.58. The van der Waals surface area contributed by atoms with E-state index in [0.29, 0.717) is 6.04 Å². The maximum Gasteiger partial charge on any atom is 0.134 e. The zero-order valence-corrected chi connectivity index (χ0v) is 14.0. The van der Waals surface area contributed by atoms with Gasteiger partial charge in [-0.05, 0) is 24.5 Å². The average molecular weight is 308 g/mol. The summed E-state index contributed by atoms with van der Waals surface area (Å²) >= 11 is 0. The Morgan fingerprint density at radius 3 is 3.00 bits per heavy atom. The molecular formula is C20H24N2O. The molecule has 2 aromatic rings. The minimum absolute atomic E-state index is 0.141. The fraction of sp³-hybridized carbons (Fsp3) is 0.500. The van der Waals surface area contributed by atoms with Crippen molar-refractivity contribution in [2.24, 2.45) is 5.41 Å². The molecule has 3 nitrogen and oxygen atoms in total. The van der Waals surface area contributed by atoms with Crippen LogP contribution in [0.15, 0.2) is 36.4 Å². The summed E-state index contributed by atoms with van der Waals surface area (Å²) < 4.78 is 8.49. The van der Waals surface area contributed by atoms with E-state index >= 15 is 0 Å². The summed E-state index contributed by atoms with van der Waals surface area (Å²) in [5.41, 5.74) is 4.67. The Bertz CT molecular complexity index is 805. The Morgan fingerprint density at radius 2 is 2.17 bits per heavy atom. The van der Waals surface area contributed by atoms with E-state index in [-0.39, 0.29) is 11.6 Å². The number of ether oxygens (including phenoxy) is 1. The third kappa shape index (κ3) is 1.62. The van der Waals surface area contributed by atoms with Crippen LogP contribution in [0, 0.1) is 5.41 Å². The van der Waals surface area contributed by atoms with Crippen molar-refractivity contribution in [3.63, 3.8) is 0 Å². The number of hydrogen-bond donors (Lipinski definition) is 0. The molecular weight excluding hydrogens is 284 g/mol. The van der Waals surface area contributed by atoms with Gasteiger partial charge in [0.25, 0.3) is 0 Å². The van der Waals surface area contributed by atoms with Crippen molar-refractivity contribution in [1.29, 1.82) is 0 Å². The van der Waals surface area contributed by atoms with Crippen molar-refractivity contribution in [2.45, 2.75) is 38.5 Å². The van der Waals surface area contributed by atoms with Gasteiger partial charge in [-0.15, -0.1) is 0 Å². The van der Waals surface area contributed by atoms with Crippen molar-refractivity contribution < 1.29 is 4.74 Å². The van der Waals surface area contributed by atoms with Gasteiger partial charge >= 0.3 is 0 Å². The molecule has 0 amide bonds. The number of nitrogens with zero attached hydrogens (tertiary/aromatic N) is 2. The minimum Gasteiger partial charge on any atom is -0.361 e. The molecule has 1 unspecified atom stereocenters. The number of rotatable bonds is 2. The van der Waals surface area contributed by atoms with E-state index < -0.39 is 0 Å². The van der Waals surface area contributed by atoms with Gasteiger partial charge in [0.1, 0.15) is 6.23 Å². The lowest BCUT2D eigenvalue weighted by Gasteiger charge is -2.54. The smallest absolute Gasteiger partial charge is 0.134 e. The number of benzene rings is 1. The molecule has 0 spiro atoms. The molecule has 0 saturated heterocycles. The van der Waals surface area contributed by atoms with E-state index in [9.17, 15) is 0 Å². The quantitative estimate of drug-likeness (QED) is 0.779.